The number of benzene rings is 3. The van der Waals surface area contributed by atoms with Crippen molar-refractivity contribution in [2.75, 3.05) is 25.3 Å². The van der Waals surface area contributed by atoms with Crippen LogP contribution in [-0.4, -0.2) is 59.6 Å². The van der Waals surface area contributed by atoms with Crippen LogP contribution in [0.3, 0.4) is 0 Å². The van der Waals surface area contributed by atoms with Crippen molar-refractivity contribution in [2.24, 2.45) is 9.98 Å². The number of fused-ring (bicyclic) bond motifs is 3. The van der Waals surface area contributed by atoms with Gasteiger partial charge in [0.05, 0.1) is 37.8 Å². The Morgan fingerprint density at radius 3 is 2.50 bits per heavy atom. The van der Waals surface area contributed by atoms with Crippen molar-refractivity contribution < 1.29 is 23.9 Å². The Kier molecular flexibility index (Phi) is 8.11. The predicted octanol–water partition coefficient (Wildman–Crippen LogP) is 3.74. The van der Waals surface area contributed by atoms with Gasteiger partial charge in [-0.3, -0.25) is 19.3 Å². The summed E-state index contributed by atoms with van der Waals surface area (Å²) in [7, 11) is 3.06. The first kappa shape index (κ1) is 26.9. The van der Waals surface area contributed by atoms with Gasteiger partial charge in [0.25, 0.3) is 5.91 Å². The maximum absolute atomic E-state index is 13.0. The van der Waals surface area contributed by atoms with E-state index >= 15 is 0 Å². The maximum atomic E-state index is 13.0. The van der Waals surface area contributed by atoms with Crippen molar-refractivity contribution in [3.63, 3.8) is 0 Å². The molecule has 2 heterocycles. The van der Waals surface area contributed by atoms with Gasteiger partial charge in [-0.2, -0.15) is 4.99 Å². The molecular formula is C29H27N5O5S. The molecule has 40 heavy (non-hydrogen) atoms. The van der Waals surface area contributed by atoms with Gasteiger partial charge in [0.15, 0.2) is 5.17 Å². The molecule has 2 N–H and O–H groups in total. The average Bonchev–Trinajstić information content (AvgIpc) is 3.31. The Morgan fingerprint density at radius 1 is 0.950 bits per heavy atom. The van der Waals surface area contributed by atoms with Crippen LogP contribution in [0.1, 0.15) is 17.5 Å². The van der Waals surface area contributed by atoms with E-state index < -0.39 is 11.9 Å². The van der Waals surface area contributed by atoms with Crippen LogP contribution < -0.4 is 20.1 Å². The van der Waals surface area contributed by atoms with E-state index in [1.165, 1.54) is 7.11 Å². The summed E-state index contributed by atoms with van der Waals surface area (Å²) in [5.74, 6) is 0.480. The highest BCUT2D eigenvalue weighted by molar-refractivity contribution is 8.14. The van der Waals surface area contributed by atoms with Gasteiger partial charge in [-0.15, -0.1) is 0 Å². The van der Waals surface area contributed by atoms with Crippen LogP contribution in [-0.2, 0) is 20.9 Å². The molecule has 0 saturated carbocycles. The zero-order valence-corrected chi connectivity index (χ0v) is 22.7. The molecule has 1 atom stereocenters. The Morgan fingerprint density at radius 2 is 1.73 bits per heavy atom. The molecule has 3 aromatic carbocycles. The van der Waals surface area contributed by atoms with Crippen LogP contribution in [0.5, 0.6) is 11.5 Å². The number of ether oxygens (including phenoxy) is 2. The monoisotopic (exact) mass is 557 g/mol. The molecule has 0 saturated heterocycles. The van der Waals surface area contributed by atoms with Gasteiger partial charge < -0.3 is 20.1 Å². The largest absolute Gasteiger partial charge is 0.497 e. The van der Waals surface area contributed by atoms with E-state index in [9.17, 15) is 14.4 Å². The van der Waals surface area contributed by atoms with Crippen molar-refractivity contribution >= 4 is 51.9 Å². The lowest BCUT2D eigenvalue weighted by atomic mass is 10.1. The summed E-state index contributed by atoms with van der Waals surface area (Å²) >= 11 is 1.16. The van der Waals surface area contributed by atoms with Gasteiger partial charge in [0.2, 0.25) is 11.8 Å². The molecule has 11 heteroatoms. The molecule has 0 bridgehead atoms. The highest BCUT2D eigenvalue weighted by Gasteiger charge is 2.42. The predicted molar refractivity (Wildman–Crippen MR) is 154 cm³/mol. The van der Waals surface area contributed by atoms with Gasteiger partial charge >= 0.3 is 0 Å². The van der Waals surface area contributed by atoms with Crippen molar-refractivity contribution in [1.82, 2.24) is 10.2 Å². The highest BCUT2D eigenvalue weighted by Crippen LogP contribution is 2.35. The number of carbonyl (C=O) groups is 3. The number of nitrogens with one attached hydrogen (secondary N) is 2. The molecule has 204 valence electrons. The lowest BCUT2D eigenvalue weighted by molar-refractivity contribution is -0.126. The van der Waals surface area contributed by atoms with Gasteiger partial charge in [0, 0.05) is 18.2 Å². The molecule has 3 amide bonds. The Bertz CT molecular complexity index is 1510. The molecule has 0 fully saturated rings. The Hall–Kier alpha value is -4.64. The quantitative estimate of drug-likeness (QED) is 0.411. The molecule has 0 spiro atoms. The molecule has 1 unspecified atom stereocenters. The fourth-order valence-corrected chi connectivity index (χ4v) is 5.21. The Labute approximate surface area is 235 Å². The van der Waals surface area contributed by atoms with Crippen LogP contribution in [0, 0.1) is 0 Å². The lowest BCUT2D eigenvalue weighted by Gasteiger charge is -2.30. The second kappa shape index (κ2) is 12.0. The minimum atomic E-state index is -0.866. The number of thioether (sulfide) groups is 1. The van der Waals surface area contributed by atoms with E-state index in [1.807, 2.05) is 54.6 Å². The third kappa shape index (κ3) is 5.84. The second-order valence-corrected chi connectivity index (χ2v) is 9.88. The van der Waals surface area contributed by atoms with Crippen molar-refractivity contribution in [1.29, 1.82) is 0 Å². The molecule has 0 radical (unpaired) electrons. The summed E-state index contributed by atoms with van der Waals surface area (Å²) in [5.41, 5.74) is 2.78. The number of aliphatic imine (C=N–C) groups is 2. The molecule has 5 rings (SSSR count). The summed E-state index contributed by atoms with van der Waals surface area (Å²) in [6.07, 6.45) is -0.102. The average molecular weight is 558 g/mol. The standard InChI is InChI=1S/C29H27N5O5S/c1-38-19-12-13-22(24(14-19)39-2)31-26(36)17-40-29-32-21-11-7-6-10-20(21)27-33-28(37)23(34(27)29)15-25(35)30-16-18-8-4-3-5-9-18/h3-14,23H,15-17H2,1-2H3,(H,30,35)(H,31,36). The number of rotatable bonds is 9. The zero-order valence-electron chi connectivity index (χ0n) is 21.9. The van der Waals surface area contributed by atoms with E-state index in [2.05, 4.69) is 15.6 Å². The molecule has 0 aromatic heterocycles. The number of hydrogen-bond acceptors (Lipinski definition) is 8. The summed E-state index contributed by atoms with van der Waals surface area (Å²) in [6, 6.07) is 21.1. The SMILES string of the molecule is COc1ccc(NC(=O)CSC2=Nc3ccccc3C3=NC(=O)C(CC(=O)NCc4ccccc4)N23)c(OC)c1. The van der Waals surface area contributed by atoms with Gasteiger partial charge in [0.1, 0.15) is 23.4 Å². The van der Waals surface area contributed by atoms with Crippen molar-refractivity contribution in [3.05, 3.63) is 83.9 Å². The van der Waals surface area contributed by atoms with E-state index in [-0.39, 0.29) is 24.0 Å². The van der Waals surface area contributed by atoms with Gasteiger partial charge in [-0.05, 0) is 29.8 Å². The maximum Gasteiger partial charge on any atom is 0.271 e. The third-order valence-electron chi connectivity index (χ3n) is 6.33. The number of para-hydroxylation sites is 1. The van der Waals surface area contributed by atoms with E-state index in [1.54, 1.807) is 30.2 Å². The first-order valence-corrected chi connectivity index (χ1v) is 13.5. The van der Waals surface area contributed by atoms with Gasteiger partial charge in [-0.1, -0.05) is 54.2 Å². The first-order valence-electron chi connectivity index (χ1n) is 12.5. The minimum absolute atomic E-state index is 0.00107. The number of anilines is 1. The second-order valence-electron chi connectivity index (χ2n) is 8.94. The zero-order chi connectivity index (χ0) is 28.1. The third-order valence-corrected chi connectivity index (χ3v) is 7.29. The molecule has 3 aromatic rings. The smallest absolute Gasteiger partial charge is 0.271 e. The number of amides is 3. The van der Waals surface area contributed by atoms with Crippen LogP contribution >= 0.6 is 11.8 Å². The molecule has 0 aliphatic carbocycles. The fourth-order valence-electron chi connectivity index (χ4n) is 4.36. The fraction of sp³-hybridized carbons (Fsp3) is 0.207. The number of amidine groups is 2. The van der Waals surface area contributed by atoms with Crippen LogP contribution in [0.15, 0.2) is 82.8 Å². The van der Waals surface area contributed by atoms with E-state index in [0.29, 0.717) is 46.0 Å². The minimum Gasteiger partial charge on any atom is -0.497 e. The number of methoxy groups -OCH3 is 2. The van der Waals surface area contributed by atoms with Crippen LogP contribution in [0.25, 0.3) is 0 Å². The summed E-state index contributed by atoms with van der Waals surface area (Å²) in [5, 5.41) is 6.13. The topological polar surface area (TPSA) is 122 Å². The molecule has 10 nitrogen and oxygen atoms in total. The van der Waals surface area contributed by atoms with Crippen LogP contribution in [0.4, 0.5) is 11.4 Å². The Balaban J connectivity index is 1.31. The lowest BCUT2D eigenvalue weighted by Crippen LogP contribution is -2.46. The summed E-state index contributed by atoms with van der Waals surface area (Å²) in [6.45, 7) is 0.349. The molecule has 2 aliphatic rings. The number of nitrogens with zero attached hydrogens (tertiary/aromatic N) is 3. The number of hydrogen-bond donors (Lipinski definition) is 2. The molecular weight excluding hydrogens is 530 g/mol. The summed E-state index contributed by atoms with van der Waals surface area (Å²) in [4.78, 5) is 49.5. The van der Waals surface area contributed by atoms with Crippen LogP contribution in [0.2, 0.25) is 0 Å². The van der Waals surface area contributed by atoms with E-state index in [4.69, 9.17) is 14.5 Å². The molecule has 2 aliphatic heterocycles. The van der Waals surface area contributed by atoms with Crippen molar-refractivity contribution in [3.8, 4) is 11.5 Å². The normalized spacial score (nSPS) is 15.4. The first-order chi connectivity index (χ1) is 19.5. The van der Waals surface area contributed by atoms with Crippen molar-refractivity contribution in [2.45, 2.75) is 19.0 Å². The van der Waals surface area contributed by atoms with Gasteiger partial charge in [-0.25, -0.2) is 4.99 Å². The summed E-state index contributed by atoms with van der Waals surface area (Å²) < 4.78 is 10.6. The van der Waals surface area contributed by atoms with E-state index in [0.717, 1.165) is 17.3 Å². The highest BCUT2D eigenvalue weighted by atomic mass is 32.2. The number of carbonyl (C=O) groups excluding carboxylic acids is 3.